The van der Waals surface area contributed by atoms with E-state index in [1.54, 1.807) is 10.7 Å². The highest BCUT2D eigenvalue weighted by molar-refractivity contribution is 6.38. The lowest BCUT2D eigenvalue weighted by molar-refractivity contribution is -0.139. The third kappa shape index (κ3) is 8.29. The SMILES string of the molecule is CCCC[C@H](NC(=O)O[C@H](Cn1ccc(-c2ccc(C)cc2)n1)C(C)(C)C)C(=O)C(=O)NCc1ccno1. The lowest BCUT2D eigenvalue weighted by Crippen LogP contribution is -2.49. The van der Waals surface area contributed by atoms with Crippen LogP contribution in [0.2, 0.25) is 0 Å². The highest BCUT2D eigenvalue weighted by Gasteiger charge is 2.32. The minimum absolute atomic E-state index is 0.0239. The number of nitrogens with zero attached hydrogens (tertiary/aromatic N) is 3. The predicted molar refractivity (Wildman–Crippen MR) is 142 cm³/mol. The molecular formula is C28H37N5O5. The van der Waals surface area contributed by atoms with Crippen molar-refractivity contribution in [3.63, 3.8) is 0 Å². The number of rotatable bonds is 12. The summed E-state index contributed by atoms with van der Waals surface area (Å²) in [6.45, 7) is 10.2. The van der Waals surface area contributed by atoms with Crippen molar-refractivity contribution < 1.29 is 23.6 Å². The first-order chi connectivity index (χ1) is 18.1. The number of alkyl carbamates (subject to hydrolysis) is 1. The first-order valence-electron chi connectivity index (χ1n) is 12.9. The Morgan fingerprint density at radius 2 is 1.84 bits per heavy atom. The van der Waals surface area contributed by atoms with E-state index in [4.69, 9.17) is 9.26 Å². The van der Waals surface area contributed by atoms with Crippen LogP contribution in [0.4, 0.5) is 4.79 Å². The number of aromatic nitrogens is 3. The number of Topliss-reactive ketones (excluding diaryl/α,β-unsaturated/α-hetero) is 1. The van der Waals surface area contributed by atoms with E-state index in [-0.39, 0.29) is 6.54 Å². The summed E-state index contributed by atoms with van der Waals surface area (Å²) in [5.41, 5.74) is 2.58. The second-order valence-corrected chi connectivity index (χ2v) is 10.4. The third-order valence-electron chi connectivity index (χ3n) is 6.15. The van der Waals surface area contributed by atoms with E-state index < -0.39 is 35.3 Å². The Morgan fingerprint density at radius 3 is 2.47 bits per heavy atom. The summed E-state index contributed by atoms with van der Waals surface area (Å²) in [5, 5.41) is 13.3. The van der Waals surface area contributed by atoms with Gasteiger partial charge in [-0.2, -0.15) is 5.10 Å². The predicted octanol–water partition coefficient (Wildman–Crippen LogP) is 4.43. The lowest BCUT2D eigenvalue weighted by Gasteiger charge is -2.30. The monoisotopic (exact) mass is 523 g/mol. The maximum absolute atomic E-state index is 12.9. The van der Waals surface area contributed by atoms with Gasteiger partial charge in [0.1, 0.15) is 12.1 Å². The zero-order chi connectivity index (χ0) is 27.7. The number of hydrogen-bond acceptors (Lipinski definition) is 7. The van der Waals surface area contributed by atoms with Gasteiger partial charge in [0.15, 0.2) is 5.76 Å². The second kappa shape index (κ2) is 13.0. The number of benzene rings is 1. The topological polar surface area (TPSA) is 128 Å². The van der Waals surface area contributed by atoms with Crippen LogP contribution in [-0.4, -0.2) is 44.9 Å². The summed E-state index contributed by atoms with van der Waals surface area (Å²) in [6, 6.07) is 10.6. The van der Waals surface area contributed by atoms with Crippen LogP contribution in [0.25, 0.3) is 11.3 Å². The molecule has 0 fully saturated rings. The Bertz CT molecular complexity index is 1200. The van der Waals surface area contributed by atoms with Crippen molar-refractivity contribution in [2.45, 2.75) is 79.1 Å². The van der Waals surface area contributed by atoms with Crippen molar-refractivity contribution in [3.8, 4) is 11.3 Å². The molecule has 1 aromatic carbocycles. The second-order valence-electron chi connectivity index (χ2n) is 10.4. The van der Waals surface area contributed by atoms with Gasteiger partial charge in [-0.1, -0.05) is 75.5 Å². The minimum atomic E-state index is -1.00. The smallest absolute Gasteiger partial charge is 0.408 e. The zero-order valence-corrected chi connectivity index (χ0v) is 22.7. The molecule has 0 aliphatic carbocycles. The van der Waals surface area contributed by atoms with Gasteiger partial charge in [-0.25, -0.2) is 4.79 Å². The highest BCUT2D eigenvalue weighted by atomic mass is 16.6. The number of ketones is 1. The molecule has 0 aliphatic rings. The molecule has 38 heavy (non-hydrogen) atoms. The average Bonchev–Trinajstić information content (AvgIpc) is 3.56. The van der Waals surface area contributed by atoms with Crippen molar-refractivity contribution in [1.29, 1.82) is 0 Å². The van der Waals surface area contributed by atoms with E-state index in [2.05, 4.69) is 20.9 Å². The number of nitrogens with one attached hydrogen (secondary N) is 2. The van der Waals surface area contributed by atoms with Gasteiger partial charge in [-0.3, -0.25) is 14.3 Å². The van der Waals surface area contributed by atoms with Crippen LogP contribution in [0, 0.1) is 12.3 Å². The molecule has 2 N–H and O–H groups in total. The highest BCUT2D eigenvalue weighted by Crippen LogP contribution is 2.25. The molecular weight excluding hydrogens is 486 g/mol. The zero-order valence-electron chi connectivity index (χ0n) is 22.7. The van der Waals surface area contributed by atoms with Crippen LogP contribution in [0.15, 0.2) is 53.3 Å². The van der Waals surface area contributed by atoms with Gasteiger partial charge in [-0.05, 0) is 19.4 Å². The minimum Gasteiger partial charge on any atom is -0.444 e. The van der Waals surface area contributed by atoms with Crippen molar-refractivity contribution in [2.75, 3.05) is 0 Å². The van der Waals surface area contributed by atoms with Crippen molar-refractivity contribution in [1.82, 2.24) is 25.6 Å². The molecule has 0 spiro atoms. The molecule has 2 atom stereocenters. The Kier molecular flexibility index (Phi) is 9.81. The number of aryl methyl sites for hydroxylation is 1. The average molecular weight is 524 g/mol. The van der Waals surface area contributed by atoms with E-state index in [0.717, 1.165) is 17.7 Å². The number of amides is 2. The Labute approximate surface area is 223 Å². The molecule has 10 nitrogen and oxygen atoms in total. The molecule has 3 rings (SSSR count). The Morgan fingerprint density at radius 1 is 1.11 bits per heavy atom. The summed E-state index contributed by atoms with van der Waals surface area (Å²) in [4.78, 5) is 38.2. The molecule has 2 amide bonds. The van der Waals surface area contributed by atoms with E-state index in [1.807, 2.05) is 71.1 Å². The van der Waals surface area contributed by atoms with Crippen molar-refractivity contribution in [3.05, 3.63) is 60.1 Å². The maximum Gasteiger partial charge on any atom is 0.408 e. The van der Waals surface area contributed by atoms with Gasteiger partial charge < -0.3 is 19.9 Å². The van der Waals surface area contributed by atoms with Crippen LogP contribution in [0.5, 0.6) is 0 Å². The van der Waals surface area contributed by atoms with E-state index in [0.29, 0.717) is 25.1 Å². The number of ether oxygens (including phenoxy) is 1. The summed E-state index contributed by atoms with van der Waals surface area (Å²) in [5.74, 6) is -1.13. The quantitative estimate of drug-likeness (QED) is 0.336. The molecule has 0 unspecified atom stereocenters. The molecule has 3 aromatic rings. The molecule has 10 heteroatoms. The van der Waals surface area contributed by atoms with Gasteiger partial charge in [0.2, 0.25) is 5.78 Å². The van der Waals surface area contributed by atoms with Gasteiger partial charge in [0.05, 0.1) is 25.0 Å². The Balaban J connectivity index is 1.64. The summed E-state index contributed by atoms with van der Waals surface area (Å²) in [7, 11) is 0. The third-order valence-corrected chi connectivity index (χ3v) is 6.15. The van der Waals surface area contributed by atoms with E-state index in [1.165, 1.54) is 11.8 Å². The fraction of sp³-hybridized carbons (Fsp3) is 0.464. The van der Waals surface area contributed by atoms with Crippen LogP contribution >= 0.6 is 0 Å². The number of carbonyl (C=O) groups is 3. The van der Waals surface area contributed by atoms with Crippen molar-refractivity contribution in [2.24, 2.45) is 5.41 Å². The normalized spacial score (nSPS) is 13.0. The van der Waals surface area contributed by atoms with Gasteiger partial charge in [0, 0.05) is 23.2 Å². The standard InChI is InChI=1S/C28H37N5O5/c1-6-7-8-23(25(34)26(35)29-17-21-13-15-30-38-21)31-27(36)37-24(28(3,4)5)18-33-16-14-22(32-33)20-11-9-19(2)10-12-20/h9-16,23-24H,6-8,17-18H2,1-5H3,(H,29,35)(H,31,36)/t23-,24+/m0/s1. The number of hydrogen-bond donors (Lipinski definition) is 2. The lowest BCUT2D eigenvalue weighted by atomic mass is 9.89. The molecule has 0 saturated heterocycles. The first kappa shape index (κ1) is 28.6. The van der Waals surface area contributed by atoms with Crippen LogP contribution in [-0.2, 0) is 27.4 Å². The molecule has 2 aromatic heterocycles. The molecule has 0 bridgehead atoms. The molecule has 0 radical (unpaired) electrons. The van der Waals surface area contributed by atoms with Gasteiger partial charge >= 0.3 is 6.09 Å². The van der Waals surface area contributed by atoms with Crippen LogP contribution in [0.1, 0.15) is 58.3 Å². The fourth-order valence-electron chi connectivity index (χ4n) is 3.73. The molecule has 2 heterocycles. The summed E-state index contributed by atoms with van der Waals surface area (Å²) >= 11 is 0. The van der Waals surface area contributed by atoms with Crippen LogP contribution < -0.4 is 10.6 Å². The Hall–Kier alpha value is -3.95. The molecule has 0 aliphatic heterocycles. The molecule has 204 valence electrons. The first-order valence-corrected chi connectivity index (χ1v) is 12.9. The number of carbonyl (C=O) groups excluding carboxylic acids is 3. The molecule has 0 saturated carbocycles. The number of unbranched alkanes of at least 4 members (excludes halogenated alkanes) is 1. The summed E-state index contributed by atoms with van der Waals surface area (Å²) < 4.78 is 12.5. The van der Waals surface area contributed by atoms with Gasteiger partial charge in [0.25, 0.3) is 5.91 Å². The largest absolute Gasteiger partial charge is 0.444 e. The summed E-state index contributed by atoms with van der Waals surface area (Å²) in [6.07, 6.45) is 3.77. The van der Waals surface area contributed by atoms with Crippen molar-refractivity contribution >= 4 is 17.8 Å². The van der Waals surface area contributed by atoms with E-state index >= 15 is 0 Å². The fourth-order valence-corrected chi connectivity index (χ4v) is 3.73. The van der Waals surface area contributed by atoms with Crippen LogP contribution in [0.3, 0.4) is 0 Å². The maximum atomic E-state index is 12.9. The van der Waals surface area contributed by atoms with Gasteiger partial charge in [-0.15, -0.1) is 0 Å². The van der Waals surface area contributed by atoms with E-state index in [9.17, 15) is 14.4 Å².